The van der Waals surface area contributed by atoms with Gasteiger partial charge in [-0.05, 0) is 110 Å². The second-order valence-electron chi connectivity index (χ2n) is 18.7. The number of hydrogen-bond donors (Lipinski definition) is 3. The van der Waals surface area contributed by atoms with Crippen molar-refractivity contribution in [1.82, 2.24) is 24.8 Å². The fourth-order valence-electron chi connectivity index (χ4n) is 8.44. The van der Waals surface area contributed by atoms with E-state index in [1.165, 1.54) is 23.6 Å². The number of carbonyl (C=O) groups is 3. The number of hydrogen-bond acceptors (Lipinski definition) is 13. The minimum Gasteiger partial charge on any atom is -0.493 e. The molecule has 432 valence electrons. The van der Waals surface area contributed by atoms with Crippen molar-refractivity contribution >= 4 is 79.6 Å². The molecule has 9 aromatic rings. The summed E-state index contributed by atoms with van der Waals surface area (Å²) in [5, 5.41) is 11.8. The molecule has 0 radical (unpaired) electrons. The number of nitrogen functional groups attached to an aromatic ring is 1. The van der Waals surface area contributed by atoms with E-state index in [0.29, 0.717) is 45.9 Å². The van der Waals surface area contributed by atoms with E-state index in [1.807, 2.05) is 148 Å². The summed E-state index contributed by atoms with van der Waals surface area (Å²) in [5.74, 6) is 4.05. The summed E-state index contributed by atoms with van der Waals surface area (Å²) in [6.07, 6.45) is 0. The van der Waals surface area contributed by atoms with Gasteiger partial charge in [0.2, 0.25) is 11.8 Å². The number of methoxy groups -OCH3 is 6. The molecule has 0 spiro atoms. The first kappa shape index (κ1) is 65.2. The summed E-state index contributed by atoms with van der Waals surface area (Å²) in [6.45, 7) is 8.92. The van der Waals surface area contributed by atoms with Crippen LogP contribution in [0.15, 0.2) is 127 Å². The molecule has 0 unspecified atom stereocenters. The molecule has 0 aliphatic rings. The first-order valence-corrected chi connectivity index (χ1v) is 25.3. The van der Waals surface area contributed by atoms with Crippen LogP contribution in [0.5, 0.6) is 34.5 Å². The average Bonchev–Trinajstić information content (AvgIpc) is 3.62. The normalized spacial score (nSPS) is 10.1. The monoisotopic (exact) mass is 1130 g/mol. The van der Waals surface area contributed by atoms with Crippen molar-refractivity contribution in [1.29, 1.82) is 0 Å². The smallest absolute Gasteiger partial charge is 0.321 e. The number of aromatic nitrogens is 3. The Morgan fingerprint density at radius 3 is 1.04 bits per heavy atom. The van der Waals surface area contributed by atoms with Crippen LogP contribution in [-0.4, -0.2) is 113 Å². The van der Waals surface area contributed by atoms with Gasteiger partial charge in [0.15, 0.2) is 34.5 Å². The van der Waals surface area contributed by atoms with Crippen LogP contribution < -0.4 is 44.8 Å². The van der Waals surface area contributed by atoms with Crippen molar-refractivity contribution < 1.29 is 42.8 Å². The van der Waals surface area contributed by atoms with Gasteiger partial charge in [-0.15, -0.1) is 12.4 Å². The van der Waals surface area contributed by atoms with E-state index in [-0.39, 0.29) is 37.7 Å². The molecule has 82 heavy (non-hydrogen) atoms. The van der Waals surface area contributed by atoms with Crippen LogP contribution in [-0.2, 0) is 9.59 Å². The SMILES string of the molecule is C.CC(=O)N(C)C.COc1cc2cc(-c3ccccc3N)nc(C)c2cc1OC.COc1cc2cc(-c3ccccc3NC(=O)N(C)C)nc(C)c2cc1OC.COc1cc2cc(-c3ccccc3NC(C)=O)nc(C)c2cc1OC.Cl. The number of rotatable bonds is 11. The molecule has 0 fully saturated rings. The van der Waals surface area contributed by atoms with Gasteiger partial charge >= 0.3 is 6.03 Å². The molecule has 0 atom stereocenters. The van der Waals surface area contributed by atoms with Crippen LogP contribution in [0.4, 0.5) is 21.9 Å². The number of benzene rings is 6. The number of amides is 4. The first-order chi connectivity index (χ1) is 38.2. The second kappa shape index (κ2) is 29.7. The van der Waals surface area contributed by atoms with Crippen molar-refractivity contribution in [3.8, 4) is 68.3 Å². The highest BCUT2D eigenvalue weighted by atomic mass is 35.5. The number of anilines is 3. The predicted octanol–water partition coefficient (Wildman–Crippen LogP) is 13.5. The Kier molecular flexibility index (Phi) is 23.6. The molecule has 9 rings (SSSR count). The Bertz CT molecular complexity index is 3700. The maximum atomic E-state index is 12.1. The number of urea groups is 1. The molecule has 0 aliphatic heterocycles. The molecule has 3 heterocycles. The maximum absolute atomic E-state index is 12.1. The van der Waals surface area contributed by atoms with E-state index in [1.54, 1.807) is 70.8 Å². The van der Waals surface area contributed by atoms with E-state index in [0.717, 1.165) is 88.9 Å². The molecule has 3 aromatic heterocycles. The van der Waals surface area contributed by atoms with Crippen molar-refractivity contribution in [3.63, 3.8) is 0 Å². The molecular weight excluding hydrogens is 1060 g/mol. The molecule has 0 saturated heterocycles. The number of pyridine rings is 3. The van der Waals surface area contributed by atoms with Crippen molar-refractivity contribution in [3.05, 3.63) is 144 Å². The molecule has 6 aromatic carbocycles. The van der Waals surface area contributed by atoms with Crippen LogP contribution >= 0.6 is 12.4 Å². The molecule has 0 aliphatic carbocycles. The lowest BCUT2D eigenvalue weighted by atomic mass is 10.0. The maximum Gasteiger partial charge on any atom is 0.321 e. The van der Waals surface area contributed by atoms with Crippen molar-refractivity contribution in [2.45, 2.75) is 42.0 Å². The Hall–Kier alpha value is -9.35. The summed E-state index contributed by atoms with van der Waals surface area (Å²) < 4.78 is 32.3. The average molecular weight is 1140 g/mol. The third-order valence-corrected chi connectivity index (χ3v) is 12.8. The third-order valence-electron chi connectivity index (χ3n) is 12.8. The van der Waals surface area contributed by atoms with Gasteiger partial charge in [-0.25, -0.2) is 4.79 Å². The van der Waals surface area contributed by atoms with Gasteiger partial charge in [-0.2, -0.15) is 0 Å². The Labute approximate surface area is 487 Å². The largest absolute Gasteiger partial charge is 0.493 e. The summed E-state index contributed by atoms with van der Waals surface area (Å²) in [4.78, 5) is 50.8. The lowest BCUT2D eigenvalue weighted by Gasteiger charge is -2.16. The number of fused-ring (bicyclic) bond motifs is 3. The van der Waals surface area contributed by atoms with Crippen LogP contribution in [0.1, 0.15) is 38.4 Å². The van der Waals surface area contributed by atoms with E-state index in [4.69, 9.17) is 44.1 Å². The number of nitrogens with one attached hydrogen (secondary N) is 2. The number of para-hydroxylation sites is 3. The second-order valence-corrected chi connectivity index (χ2v) is 18.7. The van der Waals surface area contributed by atoms with E-state index >= 15 is 0 Å². The van der Waals surface area contributed by atoms with Gasteiger partial charge in [0.05, 0.1) is 71.1 Å². The quantitative estimate of drug-likeness (QED) is 0.103. The first-order valence-electron chi connectivity index (χ1n) is 25.3. The van der Waals surface area contributed by atoms with Crippen LogP contribution in [0.3, 0.4) is 0 Å². The number of nitrogens with two attached hydrogens (primary N) is 1. The Morgan fingerprint density at radius 2 is 0.732 bits per heavy atom. The van der Waals surface area contributed by atoms with Crippen molar-refractivity contribution in [2.75, 3.05) is 87.2 Å². The minimum absolute atomic E-state index is 0. The Morgan fingerprint density at radius 1 is 0.439 bits per heavy atom. The Balaban J connectivity index is 0.000000249. The van der Waals surface area contributed by atoms with Gasteiger partial charge in [0, 0.05) is 97.7 Å². The lowest BCUT2D eigenvalue weighted by molar-refractivity contribution is -0.126. The van der Waals surface area contributed by atoms with Crippen LogP contribution in [0.2, 0.25) is 0 Å². The van der Waals surface area contributed by atoms with Gasteiger partial charge in [-0.3, -0.25) is 24.5 Å². The van der Waals surface area contributed by atoms with E-state index in [2.05, 4.69) is 15.6 Å². The van der Waals surface area contributed by atoms with Gasteiger partial charge in [0.25, 0.3) is 0 Å². The van der Waals surface area contributed by atoms with Crippen molar-refractivity contribution in [2.24, 2.45) is 0 Å². The number of ether oxygens (including phenoxy) is 6. The summed E-state index contributed by atoms with van der Waals surface area (Å²) in [5.41, 5.74) is 16.0. The van der Waals surface area contributed by atoms with E-state index < -0.39 is 0 Å². The predicted molar refractivity (Wildman–Crippen MR) is 335 cm³/mol. The third kappa shape index (κ3) is 15.7. The summed E-state index contributed by atoms with van der Waals surface area (Å²) >= 11 is 0. The molecule has 18 heteroatoms. The number of halogens is 1. The standard InChI is InChI=1S/C21H23N3O3.C20H20N2O3.C18H18N2O2.C4H9NO.CH4.ClH/c1-13-16-12-20(27-5)19(26-4)11-14(16)10-18(22-13)15-8-6-7-9-17(15)23-21(25)24(2)3;1-12-16-11-20(25-4)19(24-3)10-14(16)9-18(21-12)15-7-5-6-8-17(15)22-13(2)23;1-11-14-10-18(22-3)17(21-2)9-12(14)8-16(20-11)13-6-4-5-7-15(13)19;1-4(6)5(2)3;;/h6-12H,1-5H3,(H,23,25);5-11H,1-4H3,(H,22,23);4-10H,19H2,1-3H3;1-3H3;1H4;1H. The topological polar surface area (TPSA) is 202 Å². The van der Waals surface area contributed by atoms with Gasteiger partial charge in [-0.1, -0.05) is 62.0 Å². The summed E-state index contributed by atoms with van der Waals surface area (Å²) in [7, 11) is 16.6. The fourth-order valence-corrected chi connectivity index (χ4v) is 8.44. The molecular formula is C64H75ClN8O9. The number of aryl methyl sites for hydroxylation is 3. The molecule has 4 N–H and O–H groups in total. The molecule has 17 nitrogen and oxygen atoms in total. The zero-order valence-electron chi connectivity index (χ0n) is 48.5. The highest BCUT2D eigenvalue weighted by molar-refractivity contribution is 5.98. The number of carbonyl (C=O) groups excluding carboxylic acids is 3. The van der Waals surface area contributed by atoms with Gasteiger partial charge in [0.1, 0.15) is 0 Å². The number of nitrogens with zero attached hydrogens (tertiary/aromatic N) is 5. The van der Waals surface area contributed by atoms with E-state index in [9.17, 15) is 14.4 Å². The van der Waals surface area contributed by atoms with Gasteiger partial charge < -0.3 is 54.6 Å². The fraction of sp³-hybridized carbons (Fsp3) is 0.250. The molecule has 0 saturated carbocycles. The lowest BCUT2D eigenvalue weighted by Crippen LogP contribution is -2.27. The molecule has 4 amide bonds. The highest BCUT2D eigenvalue weighted by Crippen LogP contribution is 2.39. The minimum atomic E-state index is -0.189. The molecule has 0 bridgehead atoms. The zero-order chi connectivity index (χ0) is 58.4. The zero-order valence-corrected chi connectivity index (χ0v) is 49.3. The summed E-state index contributed by atoms with van der Waals surface area (Å²) in [6, 6.07) is 40.5. The van der Waals surface area contributed by atoms with Crippen LogP contribution in [0.25, 0.3) is 66.1 Å². The van der Waals surface area contributed by atoms with Crippen LogP contribution in [0, 0.1) is 20.8 Å². The highest BCUT2D eigenvalue weighted by Gasteiger charge is 2.17.